The molecule has 0 radical (unpaired) electrons. The summed E-state index contributed by atoms with van der Waals surface area (Å²) in [7, 11) is 0. The standard InChI is InChI=1S/C17H22N4O2S/c1-12-11-24-17-18-8-14(16(23)21(12)17)15(22)20-7-4-13(10-20)9-19-5-2-3-6-19/h8,11,13H,2-7,9-10H2,1H3/t13-/m1/s1. The highest BCUT2D eigenvalue weighted by molar-refractivity contribution is 7.15. The Kier molecular flexibility index (Phi) is 4.14. The molecule has 128 valence electrons. The molecule has 2 fully saturated rings. The van der Waals surface area contributed by atoms with Crippen LogP contribution in [0.4, 0.5) is 0 Å². The molecule has 4 heterocycles. The second-order valence-electron chi connectivity index (χ2n) is 6.89. The van der Waals surface area contributed by atoms with Crippen LogP contribution < -0.4 is 5.56 Å². The molecule has 1 amide bonds. The summed E-state index contributed by atoms with van der Waals surface area (Å²) in [5, 5.41) is 1.89. The Morgan fingerprint density at radius 3 is 2.92 bits per heavy atom. The number of fused-ring (bicyclic) bond motifs is 1. The van der Waals surface area contributed by atoms with Gasteiger partial charge in [0.15, 0.2) is 4.96 Å². The Bertz CT molecular complexity index is 822. The van der Waals surface area contributed by atoms with Crippen LogP contribution in [0.2, 0.25) is 0 Å². The lowest BCUT2D eigenvalue weighted by molar-refractivity contribution is 0.0782. The van der Waals surface area contributed by atoms with Crippen molar-refractivity contribution in [3.8, 4) is 0 Å². The van der Waals surface area contributed by atoms with Gasteiger partial charge in [-0.1, -0.05) is 0 Å². The molecule has 2 aromatic rings. The minimum Gasteiger partial charge on any atom is -0.338 e. The van der Waals surface area contributed by atoms with Crippen LogP contribution in [0.5, 0.6) is 0 Å². The molecule has 2 aliphatic rings. The van der Waals surface area contributed by atoms with E-state index < -0.39 is 0 Å². The van der Waals surface area contributed by atoms with Gasteiger partial charge in [0.1, 0.15) is 5.56 Å². The van der Waals surface area contributed by atoms with E-state index in [0.29, 0.717) is 10.9 Å². The van der Waals surface area contributed by atoms with E-state index in [2.05, 4.69) is 9.88 Å². The molecule has 0 bridgehead atoms. The molecule has 7 heteroatoms. The maximum Gasteiger partial charge on any atom is 0.271 e. The van der Waals surface area contributed by atoms with Crippen LogP contribution >= 0.6 is 11.3 Å². The van der Waals surface area contributed by atoms with Crippen LogP contribution in [0.3, 0.4) is 0 Å². The van der Waals surface area contributed by atoms with Crippen LogP contribution in [0.15, 0.2) is 16.4 Å². The molecule has 2 aliphatic heterocycles. The van der Waals surface area contributed by atoms with Crippen LogP contribution in [-0.2, 0) is 0 Å². The van der Waals surface area contributed by atoms with Crippen molar-refractivity contribution in [1.82, 2.24) is 19.2 Å². The van der Waals surface area contributed by atoms with E-state index in [0.717, 1.165) is 31.7 Å². The number of thiazole rings is 1. The highest BCUT2D eigenvalue weighted by Crippen LogP contribution is 2.21. The zero-order chi connectivity index (χ0) is 16.7. The number of aromatic nitrogens is 2. The molecule has 0 aliphatic carbocycles. The molecule has 6 nitrogen and oxygen atoms in total. The van der Waals surface area contributed by atoms with Crippen molar-refractivity contribution in [3.05, 3.63) is 33.2 Å². The number of rotatable bonds is 3. The fourth-order valence-corrected chi connectivity index (χ4v) is 4.67. The third-order valence-corrected chi connectivity index (χ3v) is 6.09. The summed E-state index contributed by atoms with van der Waals surface area (Å²) in [6.07, 6.45) is 5.05. The van der Waals surface area contributed by atoms with Crippen molar-refractivity contribution in [2.24, 2.45) is 5.92 Å². The van der Waals surface area contributed by atoms with E-state index in [9.17, 15) is 9.59 Å². The minimum atomic E-state index is -0.244. The average molecular weight is 346 g/mol. The average Bonchev–Trinajstić information content (AvgIpc) is 3.30. The zero-order valence-corrected chi connectivity index (χ0v) is 14.7. The molecule has 0 spiro atoms. The monoisotopic (exact) mass is 346 g/mol. The van der Waals surface area contributed by atoms with E-state index in [4.69, 9.17) is 0 Å². The molecule has 0 unspecified atom stereocenters. The molecule has 24 heavy (non-hydrogen) atoms. The van der Waals surface area contributed by atoms with Crippen LogP contribution in [0, 0.1) is 12.8 Å². The molecular weight excluding hydrogens is 324 g/mol. The summed E-state index contributed by atoms with van der Waals surface area (Å²) in [5.41, 5.74) is 0.776. The topological polar surface area (TPSA) is 57.9 Å². The maximum atomic E-state index is 12.8. The van der Waals surface area contributed by atoms with Crippen molar-refractivity contribution in [3.63, 3.8) is 0 Å². The smallest absolute Gasteiger partial charge is 0.271 e. The summed E-state index contributed by atoms with van der Waals surface area (Å²) in [6, 6.07) is 0. The van der Waals surface area contributed by atoms with E-state index in [1.807, 2.05) is 17.2 Å². The molecule has 0 N–H and O–H groups in total. The quantitative estimate of drug-likeness (QED) is 0.847. The van der Waals surface area contributed by atoms with Crippen LogP contribution in [0.25, 0.3) is 4.96 Å². The molecule has 2 saturated heterocycles. The number of amides is 1. The van der Waals surface area contributed by atoms with Crippen LogP contribution in [-0.4, -0.2) is 57.8 Å². The normalized spacial score (nSPS) is 21.9. The molecule has 0 saturated carbocycles. The summed E-state index contributed by atoms with van der Waals surface area (Å²) < 4.78 is 1.54. The van der Waals surface area contributed by atoms with Gasteiger partial charge in [0.25, 0.3) is 11.5 Å². The Morgan fingerprint density at radius 2 is 2.12 bits per heavy atom. The first kappa shape index (κ1) is 15.8. The lowest BCUT2D eigenvalue weighted by Gasteiger charge is -2.20. The Hall–Kier alpha value is -1.73. The third-order valence-electron chi connectivity index (χ3n) is 5.14. The lowest BCUT2D eigenvalue weighted by Crippen LogP contribution is -2.35. The predicted molar refractivity (Wildman–Crippen MR) is 93.8 cm³/mol. The van der Waals surface area contributed by atoms with E-state index in [1.165, 1.54) is 47.9 Å². The van der Waals surface area contributed by atoms with Gasteiger partial charge in [0, 0.05) is 36.9 Å². The van der Waals surface area contributed by atoms with Crippen molar-refractivity contribution in [2.75, 3.05) is 32.7 Å². The van der Waals surface area contributed by atoms with E-state index >= 15 is 0 Å². The van der Waals surface area contributed by atoms with E-state index in [-0.39, 0.29) is 17.0 Å². The lowest BCUT2D eigenvalue weighted by atomic mass is 10.1. The van der Waals surface area contributed by atoms with E-state index in [1.54, 1.807) is 0 Å². The second-order valence-corrected chi connectivity index (χ2v) is 7.72. The van der Waals surface area contributed by atoms with Crippen molar-refractivity contribution in [2.45, 2.75) is 26.2 Å². The number of likely N-dealkylation sites (tertiary alicyclic amines) is 2. The number of nitrogens with zero attached hydrogens (tertiary/aromatic N) is 4. The van der Waals surface area contributed by atoms with Gasteiger partial charge in [-0.2, -0.15) is 0 Å². The van der Waals surface area contributed by atoms with Crippen molar-refractivity contribution < 1.29 is 4.79 Å². The fourth-order valence-electron chi connectivity index (χ4n) is 3.84. The molecule has 2 aromatic heterocycles. The Balaban J connectivity index is 1.51. The Labute approximate surface area is 144 Å². The first-order valence-corrected chi connectivity index (χ1v) is 9.49. The Morgan fingerprint density at radius 1 is 1.33 bits per heavy atom. The molecule has 4 rings (SSSR count). The largest absolute Gasteiger partial charge is 0.338 e. The van der Waals surface area contributed by atoms with Gasteiger partial charge in [-0.25, -0.2) is 4.98 Å². The molecule has 1 atom stereocenters. The minimum absolute atomic E-state index is 0.170. The van der Waals surface area contributed by atoms with Crippen LogP contribution in [0.1, 0.15) is 35.3 Å². The highest BCUT2D eigenvalue weighted by Gasteiger charge is 2.30. The second kappa shape index (κ2) is 6.29. The summed E-state index contributed by atoms with van der Waals surface area (Å²) in [6.45, 7) is 6.79. The number of hydrogen-bond acceptors (Lipinski definition) is 5. The van der Waals surface area contributed by atoms with Crippen molar-refractivity contribution >= 4 is 22.2 Å². The summed E-state index contributed by atoms with van der Waals surface area (Å²) >= 11 is 1.42. The van der Waals surface area contributed by atoms with Gasteiger partial charge in [-0.15, -0.1) is 11.3 Å². The van der Waals surface area contributed by atoms with Gasteiger partial charge in [0.2, 0.25) is 0 Å². The predicted octanol–water partition coefficient (Wildman–Crippen LogP) is 1.62. The first-order chi connectivity index (χ1) is 11.6. The first-order valence-electron chi connectivity index (χ1n) is 8.61. The number of aryl methyl sites for hydroxylation is 1. The highest BCUT2D eigenvalue weighted by atomic mass is 32.1. The molecule has 0 aromatic carbocycles. The van der Waals surface area contributed by atoms with Crippen molar-refractivity contribution in [1.29, 1.82) is 0 Å². The number of carbonyl (C=O) groups excluding carboxylic acids is 1. The molecular formula is C17H22N4O2S. The van der Waals surface area contributed by atoms with Gasteiger partial charge in [0.05, 0.1) is 0 Å². The zero-order valence-electron chi connectivity index (χ0n) is 13.9. The maximum absolute atomic E-state index is 12.8. The van der Waals surface area contributed by atoms with Gasteiger partial charge in [-0.3, -0.25) is 14.0 Å². The fraction of sp³-hybridized carbons (Fsp3) is 0.588. The summed E-state index contributed by atoms with van der Waals surface area (Å²) in [5.74, 6) is 0.353. The third kappa shape index (κ3) is 2.75. The van der Waals surface area contributed by atoms with Gasteiger partial charge < -0.3 is 9.80 Å². The van der Waals surface area contributed by atoms with Gasteiger partial charge >= 0.3 is 0 Å². The number of hydrogen-bond donors (Lipinski definition) is 0. The SMILES string of the molecule is Cc1csc2ncc(C(=O)N3CC[C@H](CN4CCCC4)C3)c(=O)n12. The summed E-state index contributed by atoms with van der Waals surface area (Å²) in [4.78, 5) is 34.7. The number of carbonyl (C=O) groups is 1. The van der Waals surface area contributed by atoms with Gasteiger partial charge in [-0.05, 0) is 45.2 Å².